The molecule has 7 nitrogen and oxygen atoms in total. The van der Waals surface area contributed by atoms with Crippen molar-refractivity contribution in [3.63, 3.8) is 0 Å². The van der Waals surface area contributed by atoms with E-state index in [9.17, 15) is 0 Å². The number of nitrogens with one attached hydrogen (secondary N) is 1. The van der Waals surface area contributed by atoms with Crippen molar-refractivity contribution in [1.29, 1.82) is 0 Å². The minimum absolute atomic E-state index is 0.176. The third-order valence-corrected chi connectivity index (χ3v) is 6.41. The van der Waals surface area contributed by atoms with Gasteiger partial charge < -0.3 is 19.9 Å². The normalized spacial score (nSPS) is 22.8. The van der Waals surface area contributed by atoms with Gasteiger partial charge in [0.2, 0.25) is 0 Å². The molecule has 1 aromatic carbocycles. The fourth-order valence-corrected chi connectivity index (χ4v) is 4.63. The second-order valence-electron chi connectivity index (χ2n) is 7.51. The van der Waals surface area contributed by atoms with Crippen molar-refractivity contribution in [2.45, 2.75) is 25.0 Å². The van der Waals surface area contributed by atoms with Crippen LogP contribution in [0.15, 0.2) is 36.7 Å². The highest BCUT2D eigenvalue weighted by molar-refractivity contribution is 7.22. The Balaban J connectivity index is 1.18. The van der Waals surface area contributed by atoms with Crippen molar-refractivity contribution >= 4 is 32.5 Å². The Morgan fingerprint density at radius 2 is 1.86 bits per heavy atom. The van der Waals surface area contributed by atoms with Gasteiger partial charge in [-0.2, -0.15) is 0 Å². The van der Waals surface area contributed by atoms with Crippen molar-refractivity contribution in [2.24, 2.45) is 0 Å². The highest BCUT2D eigenvalue weighted by Gasteiger charge is 2.33. The summed E-state index contributed by atoms with van der Waals surface area (Å²) in [4.78, 5) is 18.3. The van der Waals surface area contributed by atoms with E-state index >= 15 is 0 Å². The van der Waals surface area contributed by atoms with E-state index < -0.39 is 0 Å². The van der Waals surface area contributed by atoms with Crippen LogP contribution in [-0.2, 0) is 0 Å². The SMILES string of the molecule is CN1CCN(c2nccnc2O[C@H]2C[C@H](Nc3nc4ccccc4s3)C2)CC1. The van der Waals surface area contributed by atoms with Gasteiger partial charge in [0.05, 0.1) is 10.2 Å². The van der Waals surface area contributed by atoms with Crippen molar-refractivity contribution in [1.82, 2.24) is 19.9 Å². The summed E-state index contributed by atoms with van der Waals surface area (Å²) < 4.78 is 7.42. The molecule has 0 spiro atoms. The highest BCUT2D eigenvalue weighted by Crippen LogP contribution is 2.33. The molecule has 0 radical (unpaired) electrons. The first-order chi connectivity index (χ1) is 13.7. The van der Waals surface area contributed by atoms with Crippen molar-refractivity contribution in [3.05, 3.63) is 36.7 Å². The number of ether oxygens (including phenoxy) is 1. The molecule has 1 aliphatic heterocycles. The Hall–Kier alpha value is -2.45. The lowest BCUT2D eigenvalue weighted by Gasteiger charge is -2.37. The molecule has 0 unspecified atom stereocenters. The molecule has 0 bridgehead atoms. The quantitative estimate of drug-likeness (QED) is 0.711. The van der Waals surface area contributed by atoms with Crippen LogP contribution in [0.3, 0.4) is 0 Å². The first-order valence-electron chi connectivity index (χ1n) is 9.78. The van der Waals surface area contributed by atoms with Crippen LogP contribution >= 0.6 is 11.3 Å². The molecule has 8 heteroatoms. The van der Waals surface area contributed by atoms with Gasteiger partial charge in [-0.3, -0.25) is 0 Å². The number of fused-ring (bicyclic) bond motifs is 1. The molecule has 3 aromatic rings. The molecule has 146 valence electrons. The Morgan fingerprint density at radius 1 is 1.07 bits per heavy atom. The minimum atomic E-state index is 0.176. The number of hydrogen-bond acceptors (Lipinski definition) is 8. The summed E-state index contributed by atoms with van der Waals surface area (Å²) in [6.45, 7) is 3.98. The Labute approximate surface area is 168 Å². The Morgan fingerprint density at radius 3 is 2.68 bits per heavy atom. The number of anilines is 2. The van der Waals surface area contributed by atoms with Gasteiger partial charge in [-0.1, -0.05) is 23.5 Å². The zero-order valence-corrected chi connectivity index (χ0v) is 16.7. The van der Waals surface area contributed by atoms with E-state index in [4.69, 9.17) is 4.74 Å². The predicted molar refractivity (Wildman–Crippen MR) is 112 cm³/mol. The average molecular weight is 397 g/mol. The van der Waals surface area contributed by atoms with Crippen molar-refractivity contribution in [3.8, 4) is 5.88 Å². The summed E-state index contributed by atoms with van der Waals surface area (Å²) in [5.41, 5.74) is 1.05. The van der Waals surface area contributed by atoms with E-state index in [2.05, 4.69) is 55.3 Å². The largest absolute Gasteiger partial charge is 0.472 e. The Kier molecular flexibility index (Phi) is 4.74. The zero-order valence-electron chi connectivity index (χ0n) is 15.9. The molecule has 2 aromatic heterocycles. The fraction of sp³-hybridized carbons (Fsp3) is 0.450. The molecule has 1 aliphatic carbocycles. The van der Waals surface area contributed by atoms with Gasteiger partial charge in [0.1, 0.15) is 6.10 Å². The minimum Gasteiger partial charge on any atom is -0.472 e. The first kappa shape index (κ1) is 17.6. The van der Waals surface area contributed by atoms with Crippen molar-refractivity contribution < 1.29 is 4.74 Å². The molecule has 0 atom stereocenters. The molecular formula is C20H24N6OS. The second kappa shape index (κ2) is 7.52. The fourth-order valence-electron chi connectivity index (χ4n) is 3.68. The van der Waals surface area contributed by atoms with Crippen LogP contribution in [0, 0.1) is 0 Å². The van der Waals surface area contributed by atoms with Crippen LogP contribution < -0.4 is 15.0 Å². The number of aromatic nitrogens is 3. The van der Waals surface area contributed by atoms with Crippen LogP contribution in [0.25, 0.3) is 10.2 Å². The summed E-state index contributed by atoms with van der Waals surface area (Å²) >= 11 is 1.71. The molecule has 2 aliphatic rings. The van der Waals surface area contributed by atoms with Gasteiger partial charge >= 0.3 is 0 Å². The monoisotopic (exact) mass is 396 g/mol. The molecule has 28 heavy (non-hydrogen) atoms. The lowest BCUT2D eigenvalue weighted by Crippen LogP contribution is -2.46. The lowest BCUT2D eigenvalue weighted by molar-refractivity contribution is 0.102. The molecular weight excluding hydrogens is 372 g/mol. The van der Waals surface area contributed by atoms with Crippen molar-refractivity contribution in [2.75, 3.05) is 43.4 Å². The number of para-hydroxylation sites is 1. The number of hydrogen-bond donors (Lipinski definition) is 1. The summed E-state index contributed by atoms with van der Waals surface area (Å²) in [5, 5.41) is 4.53. The van der Waals surface area contributed by atoms with E-state index in [1.165, 1.54) is 4.70 Å². The van der Waals surface area contributed by atoms with Crippen LogP contribution in [0.1, 0.15) is 12.8 Å². The Bertz CT molecular complexity index is 916. The summed E-state index contributed by atoms with van der Waals surface area (Å²) in [6.07, 6.45) is 5.54. The maximum atomic E-state index is 6.20. The molecule has 0 amide bonds. The lowest BCUT2D eigenvalue weighted by atomic mass is 9.89. The number of likely N-dealkylation sites (N-methyl/N-ethyl adjacent to an activating group) is 1. The second-order valence-corrected chi connectivity index (χ2v) is 8.55. The smallest absolute Gasteiger partial charge is 0.257 e. The van der Waals surface area contributed by atoms with E-state index in [1.807, 2.05) is 6.07 Å². The molecule has 2 fully saturated rings. The van der Waals surface area contributed by atoms with E-state index in [0.29, 0.717) is 11.9 Å². The van der Waals surface area contributed by atoms with Crippen LogP contribution in [0.4, 0.5) is 10.9 Å². The third kappa shape index (κ3) is 3.62. The van der Waals surface area contributed by atoms with E-state index in [1.54, 1.807) is 23.7 Å². The number of nitrogens with zero attached hydrogens (tertiary/aromatic N) is 5. The topological polar surface area (TPSA) is 66.4 Å². The molecule has 5 rings (SSSR count). The maximum absolute atomic E-state index is 6.20. The van der Waals surface area contributed by atoms with Crippen LogP contribution in [0.2, 0.25) is 0 Å². The highest BCUT2D eigenvalue weighted by atomic mass is 32.1. The zero-order chi connectivity index (χ0) is 18.9. The first-order valence-corrected chi connectivity index (χ1v) is 10.6. The molecule has 1 saturated carbocycles. The van der Waals surface area contributed by atoms with Gasteiger partial charge in [0.25, 0.3) is 5.88 Å². The van der Waals surface area contributed by atoms with Gasteiger partial charge in [-0.25, -0.2) is 15.0 Å². The molecule has 1 saturated heterocycles. The maximum Gasteiger partial charge on any atom is 0.257 e. The summed E-state index contributed by atoms with van der Waals surface area (Å²) in [5.74, 6) is 1.54. The predicted octanol–water partition coefficient (Wildman–Crippen LogP) is 2.86. The summed E-state index contributed by atoms with van der Waals surface area (Å²) in [7, 11) is 2.15. The number of thiazole rings is 1. The standard InChI is InChI=1S/C20H24N6OS/c1-25-8-10-26(11-9-25)18-19(22-7-6-21-18)27-15-12-14(13-15)23-20-24-16-4-2-3-5-17(16)28-20/h2-7,14-15H,8-13H2,1H3,(H,23,24)/t14-,15-. The van der Waals surface area contributed by atoms with Gasteiger partial charge in [-0.05, 0) is 19.2 Å². The van der Waals surface area contributed by atoms with Gasteiger partial charge in [-0.15, -0.1) is 0 Å². The number of benzene rings is 1. The van der Waals surface area contributed by atoms with Crippen LogP contribution in [0.5, 0.6) is 5.88 Å². The van der Waals surface area contributed by atoms with E-state index in [-0.39, 0.29) is 6.10 Å². The summed E-state index contributed by atoms with van der Waals surface area (Å²) in [6, 6.07) is 8.64. The van der Waals surface area contributed by atoms with Crippen LogP contribution in [-0.4, -0.2) is 65.2 Å². The third-order valence-electron chi connectivity index (χ3n) is 5.44. The number of rotatable bonds is 5. The number of piperazine rings is 1. The average Bonchev–Trinajstić information content (AvgIpc) is 3.10. The van der Waals surface area contributed by atoms with Gasteiger partial charge in [0.15, 0.2) is 10.9 Å². The van der Waals surface area contributed by atoms with Gasteiger partial charge in [0, 0.05) is 57.5 Å². The molecule has 1 N–H and O–H groups in total. The van der Waals surface area contributed by atoms with E-state index in [0.717, 1.165) is 55.5 Å². The molecule has 3 heterocycles.